The molecule has 0 aliphatic heterocycles. The third-order valence-corrected chi connectivity index (χ3v) is 2.37. The highest BCUT2D eigenvalue weighted by atomic mass is 16.6. The van der Waals surface area contributed by atoms with Crippen molar-refractivity contribution in [1.29, 1.82) is 0 Å². The van der Waals surface area contributed by atoms with Crippen molar-refractivity contribution in [3.8, 4) is 0 Å². The molecule has 0 heterocycles. The molecule has 16 heavy (non-hydrogen) atoms. The largest absolute Gasteiger partial charge is 0.393 e. The Kier molecular flexibility index (Phi) is 4.25. The Morgan fingerprint density at radius 2 is 2.12 bits per heavy atom. The van der Waals surface area contributed by atoms with Crippen molar-refractivity contribution in [3.05, 3.63) is 34.4 Å². The van der Waals surface area contributed by atoms with Gasteiger partial charge in [-0.1, -0.05) is 12.1 Å². The molecule has 5 heteroatoms. The van der Waals surface area contributed by atoms with Crippen molar-refractivity contribution in [2.45, 2.75) is 19.4 Å². The fourth-order valence-corrected chi connectivity index (χ4v) is 1.44. The standard InChI is InChI=1S/C11H16N2O3/c1-9(14)7-8-12(2)10-5-3-4-6-11(10)13(15)16/h3-6,9,14H,7-8H2,1-2H3. The fourth-order valence-electron chi connectivity index (χ4n) is 1.44. The van der Waals surface area contributed by atoms with Crippen LogP contribution in [0.1, 0.15) is 13.3 Å². The van der Waals surface area contributed by atoms with Crippen molar-refractivity contribution in [1.82, 2.24) is 0 Å². The summed E-state index contributed by atoms with van der Waals surface area (Å²) in [4.78, 5) is 12.2. The molecular weight excluding hydrogens is 208 g/mol. The van der Waals surface area contributed by atoms with Gasteiger partial charge >= 0.3 is 0 Å². The monoisotopic (exact) mass is 224 g/mol. The summed E-state index contributed by atoms with van der Waals surface area (Å²) in [5.41, 5.74) is 0.670. The number of nitro groups is 1. The van der Waals surface area contributed by atoms with E-state index in [0.717, 1.165) is 0 Å². The van der Waals surface area contributed by atoms with Crippen LogP contribution in [0.4, 0.5) is 11.4 Å². The zero-order valence-corrected chi connectivity index (χ0v) is 9.46. The Morgan fingerprint density at radius 1 is 1.50 bits per heavy atom. The predicted molar refractivity (Wildman–Crippen MR) is 62.7 cm³/mol. The number of hydrogen-bond donors (Lipinski definition) is 1. The van der Waals surface area contributed by atoms with Gasteiger partial charge in [-0.05, 0) is 19.4 Å². The van der Waals surface area contributed by atoms with Crippen LogP contribution in [0.5, 0.6) is 0 Å². The van der Waals surface area contributed by atoms with Crippen LogP contribution < -0.4 is 4.90 Å². The third-order valence-electron chi connectivity index (χ3n) is 2.37. The van der Waals surface area contributed by atoms with Crippen LogP contribution in [0.3, 0.4) is 0 Å². The Morgan fingerprint density at radius 3 is 2.69 bits per heavy atom. The van der Waals surface area contributed by atoms with Gasteiger partial charge in [-0.3, -0.25) is 10.1 Å². The summed E-state index contributed by atoms with van der Waals surface area (Å²) in [6.07, 6.45) is 0.188. The average Bonchev–Trinajstić information content (AvgIpc) is 2.25. The molecule has 1 unspecified atom stereocenters. The zero-order valence-electron chi connectivity index (χ0n) is 9.46. The van der Waals surface area contributed by atoms with Crippen molar-refractivity contribution in [2.24, 2.45) is 0 Å². The summed E-state index contributed by atoms with van der Waals surface area (Å²) in [6, 6.07) is 6.60. The Hall–Kier alpha value is -1.62. The SMILES string of the molecule is CC(O)CCN(C)c1ccccc1[N+](=O)[O-]. The van der Waals surface area contributed by atoms with Gasteiger partial charge in [0.2, 0.25) is 0 Å². The predicted octanol–water partition coefficient (Wildman–Crippen LogP) is 1.80. The first-order valence-electron chi connectivity index (χ1n) is 5.15. The number of aliphatic hydroxyl groups is 1. The van der Waals surface area contributed by atoms with Crippen molar-refractivity contribution < 1.29 is 10.0 Å². The van der Waals surface area contributed by atoms with Crippen LogP contribution >= 0.6 is 0 Å². The minimum atomic E-state index is -0.398. The van der Waals surface area contributed by atoms with Crippen LogP contribution in [-0.2, 0) is 0 Å². The minimum absolute atomic E-state index is 0.0931. The highest BCUT2D eigenvalue weighted by molar-refractivity contribution is 5.62. The number of nitro benzene ring substituents is 1. The van der Waals surface area contributed by atoms with Gasteiger partial charge in [-0.2, -0.15) is 0 Å². The lowest BCUT2D eigenvalue weighted by Gasteiger charge is -2.19. The lowest BCUT2D eigenvalue weighted by atomic mass is 10.2. The fraction of sp³-hybridized carbons (Fsp3) is 0.455. The summed E-state index contributed by atoms with van der Waals surface area (Å²) in [7, 11) is 1.78. The summed E-state index contributed by atoms with van der Waals surface area (Å²) in [6.45, 7) is 2.29. The van der Waals surface area contributed by atoms with Crippen LogP contribution in [0.25, 0.3) is 0 Å². The molecular formula is C11H16N2O3. The molecule has 0 radical (unpaired) electrons. The van der Waals surface area contributed by atoms with Crippen molar-refractivity contribution in [2.75, 3.05) is 18.5 Å². The zero-order chi connectivity index (χ0) is 12.1. The highest BCUT2D eigenvalue weighted by Gasteiger charge is 2.15. The number of anilines is 1. The second-order valence-corrected chi connectivity index (χ2v) is 3.81. The molecule has 0 spiro atoms. The van der Waals surface area contributed by atoms with Gasteiger partial charge in [0.05, 0.1) is 11.0 Å². The Labute approximate surface area is 94.5 Å². The molecule has 0 fully saturated rings. The number of benzene rings is 1. The first-order chi connectivity index (χ1) is 7.52. The van der Waals surface area contributed by atoms with Crippen molar-refractivity contribution >= 4 is 11.4 Å². The first-order valence-corrected chi connectivity index (χ1v) is 5.15. The van der Waals surface area contributed by atoms with E-state index >= 15 is 0 Å². The van der Waals surface area contributed by atoms with Crippen LogP contribution in [0.15, 0.2) is 24.3 Å². The van der Waals surface area contributed by atoms with E-state index in [9.17, 15) is 10.1 Å². The summed E-state index contributed by atoms with van der Waals surface area (Å²) in [5, 5.41) is 20.0. The van der Waals surface area contributed by atoms with Crippen LogP contribution in [-0.4, -0.2) is 29.7 Å². The molecule has 0 saturated carbocycles. The van der Waals surface area contributed by atoms with E-state index in [1.54, 1.807) is 37.1 Å². The third kappa shape index (κ3) is 3.20. The Balaban J connectivity index is 2.82. The molecule has 88 valence electrons. The quantitative estimate of drug-likeness (QED) is 0.611. The summed E-state index contributed by atoms with van der Waals surface area (Å²) >= 11 is 0. The normalized spacial score (nSPS) is 12.2. The van der Waals surface area contributed by atoms with E-state index in [0.29, 0.717) is 18.7 Å². The molecule has 0 amide bonds. The van der Waals surface area contributed by atoms with Crippen molar-refractivity contribution in [3.63, 3.8) is 0 Å². The lowest BCUT2D eigenvalue weighted by Crippen LogP contribution is -2.22. The van der Waals surface area contributed by atoms with E-state index in [2.05, 4.69) is 0 Å². The molecule has 1 atom stereocenters. The molecule has 0 aliphatic rings. The second-order valence-electron chi connectivity index (χ2n) is 3.81. The highest BCUT2D eigenvalue weighted by Crippen LogP contribution is 2.26. The van der Waals surface area contributed by atoms with E-state index < -0.39 is 11.0 Å². The Bertz CT molecular complexity index is 366. The van der Waals surface area contributed by atoms with Crippen LogP contribution in [0, 0.1) is 10.1 Å². The number of nitrogens with zero attached hydrogens (tertiary/aromatic N) is 2. The second kappa shape index (κ2) is 5.46. The van der Waals surface area contributed by atoms with Gasteiger partial charge in [0.1, 0.15) is 5.69 Å². The van der Waals surface area contributed by atoms with E-state index in [1.165, 1.54) is 6.07 Å². The smallest absolute Gasteiger partial charge is 0.292 e. The van der Waals surface area contributed by atoms with Gasteiger partial charge in [0.15, 0.2) is 0 Å². The number of rotatable bonds is 5. The molecule has 1 rings (SSSR count). The maximum Gasteiger partial charge on any atom is 0.292 e. The molecule has 0 aliphatic carbocycles. The molecule has 1 aromatic carbocycles. The van der Waals surface area contributed by atoms with Gasteiger partial charge in [0.25, 0.3) is 5.69 Å². The van der Waals surface area contributed by atoms with E-state index in [-0.39, 0.29) is 5.69 Å². The number of para-hydroxylation sites is 2. The maximum atomic E-state index is 10.8. The number of hydrogen-bond acceptors (Lipinski definition) is 4. The summed E-state index contributed by atoms with van der Waals surface area (Å²) < 4.78 is 0. The molecule has 5 nitrogen and oxygen atoms in total. The number of aliphatic hydroxyl groups excluding tert-OH is 1. The molecule has 1 aromatic rings. The lowest BCUT2D eigenvalue weighted by molar-refractivity contribution is -0.384. The minimum Gasteiger partial charge on any atom is -0.393 e. The van der Waals surface area contributed by atoms with E-state index in [4.69, 9.17) is 5.11 Å². The van der Waals surface area contributed by atoms with Gasteiger partial charge in [-0.15, -0.1) is 0 Å². The van der Waals surface area contributed by atoms with Gasteiger partial charge in [0, 0.05) is 19.7 Å². The molecule has 1 N–H and O–H groups in total. The topological polar surface area (TPSA) is 66.6 Å². The van der Waals surface area contributed by atoms with Gasteiger partial charge in [-0.25, -0.2) is 0 Å². The first kappa shape index (κ1) is 12.4. The van der Waals surface area contributed by atoms with Crippen LogP contribution in [0.2, 0.25) is 0 Å². The average molecular weight is 224 g/mol. The van der Waals surface area contributed by atoms with Gasteiger partial charge < -0.3 is 10.0 Å². The molecule has 0 saturated heterocycles. The van der Waals surface area contributed by atoms with E-state index in [1.807, 2.05) is 0 Å². The molecule has 0 bridgehead atoms. The maximum absolute atomic E-state index is 10.8. The molecule has 0 aromatic heterocycles. The summed E-state index contributed by atoms with van der Waals surface area (Å²) in [5.74, 6) is 0.